The molecule has 0 radical (unpaired) electrons. The fourth-order valence-corrected chi connectivity index (χ4v) is 5.76. The number of carbonyl (C=O) groups excluding carboxylic acids is 2. The fourth-order valence-electron chi connectivity index (χ4n) is 5.76. The van der Waals surface area contributed by atoms with Gasteiger partial charge in [-0.15, -0.1) is 0 Å². The molecule has 0 saturated heterocycles. The molecule has 1 aromatic carbocycles. The van der Waals surface area contributed by atoms with Crippen molar-refractivity contribution in [3.8, 4) is 11.3 Å². The van der Waals surface area contributed by atoms with E-state index in [4.69, 9.17) is 13.9 Å². The Kier molecular flexibility index (Phi) is 9.84. The second kappa shape index (κ2) is 13.3. The predicted molar refractivity (Wildman–Crippen MR) is 162 cm³/mol. The first-order chi connectivity index (χ1) is 19.6. The third-order valence-corrected chi connectivity index (χ3v) is 7.73. The number of esters is 1. The predicted octanol–water partition coefficient (Wildman–Crippen LogP) is 6.85. The molecule has 1 fully saturated rings. The van der Waals surface area contributed by atoms with Crippen LogP contribution in [-0.4, -0.2) is 54.2 Å². The van der Waals surface area contributed by atoms with E-state index in [9.17, 15) is 9.59 Å². The number of methoxy groups -OCH3 is 1. The highest BCUT2D eigenvalue weighted by molar-refractivity contribution is 5.99. The highest BCUT2D eigenvalue weighted by Gasteiger charge is 2.28. The van der Waals surface area contributed by atoms with Crippen LogP contribution in [0.3, 0.4) is 0 Å². The fraction of sp³-hybridized carbons (Fsp3) is 0.515. The van der Waals surface area contributed by atoms with Crippen LogP contribution in [-0.2, 0) is 20.8 Å². The zero-order chi connectivity index (χ0) is 29.6. The van der Waals surface area contributed by atoms with Crippen LogP contribution in [0.1, 0.15) is 87.6 Å². The van der Waals surface area contributed by atoms with Gasteiger partial charge in [-0.3, -0.25) is 4.79 Å². The van der Waals surface area contributed by atoms with Gasteiger partial charge in [-0.1, -0.05) is 25.3 Å². The summed E-state index contributed by atoms with van der Waals surface area (Å²) < 4.78 is 18.4. The van der Waals surface area contributed by atoms with Crippen molar-refractivity contribution in [1.29, 1.82) is 0 Å². The summed E-state index contributed by atoms with van der Waals surface area (Å²) in [6, 6.07) is 7.64. The Hall–Kier alpha value is -3.68. The van der Waals surface area contributed by atoms with Gasteiger partial charge in [-0.2, -0.15) is 0 Å². The number of nitrogens with zero attached hydrogens (tertiary/aromatic N) is 2. The second-order valence-corrected chi connectivity index (χ2v) is 12.0. The third kappa shape index (κ3) is 7.54. The third-order valence-electron chi connectivity index (χ3n) is 7.73. The van der Waals surface area contributed by atoms with Crippen LogP contribution in [0, 0.1) is 0 Å². The molecule has 0 aliphatic heterocycles. The van der Waals surface area contributed by atoms with Crippen LogP contribution in [0.2, 0.25) is 0 Å². The Bertz CT molecular complexity index is 1340. The van der Waals surface area contributed by atoms with Crippen molar-refractivity contribution >= 4 is 22.8 Å². The van der Waals surface area contributed by atoms with Crippen LogP contribution >= 0.6 is 0 Å². The standard InChI is InChI=1S/C33H45N3O5/c1-23(41-33(2,3)4)35(5)18-11-10-17-34-29(37)21-36-28-20-25(32(38)39-6)14-15-27(28)30(24-12-8-7-9-13-24)31(36)26-16-19-40-22-26/h14-16,19-20,22,24H,1,7-13,17-18,21H2,2-6H3,(H,34,37). The minimum Gasteiger partial charge on any atom is -0.474 e. The molecule has 1 N–H and O–H groups in total. The van der Waals surface area contributed by atoms with Crippen LogP contribution in [0.25, 0.3) is 22.2 Å². The van der Waals surface area contributed by atoms with Crippen LogP contribution < -0.4 is 5.32 Å². The Labute approximate surface area is 243 Å². The molecule has 1 aliphatic carbocycles. The van der Waals surface area contributed by atoms with E-state index in [-0.39, 0.29) is 18.1 Å². The first-order valence-electron chi connectivity index (χ1n) is 14.7. The van der Waals surface area contributed by atoms with Crippen molar-refractivity contribution in [1.82, 2.24) is 14.8 Å². The second-order valence-electron chi connectivity index (χ2n) is 12.0. The summed E-state index contributed by atoms with van der Waals surface area (Å²) in [6.45, 7) is 11.5. The number of unbranched alkanes of at least 4 members (excludes halogenated alkanes) is 1. The quantitative estimate of drug-likeness (QED) is 0.147. The van der Waals surface area contributed by atoms with E-state index in [1.807, 2.05) is 61.6 Å². The topological polar surface area (TPSA) is 85.9 Å². The number of rotatable bonds is 12. The van der Waals surface area contributed by atoms with Gasteiger partial charge in [-0.05, 0) is 82.7 Å². The summed E-state index contributed by atoms with van der Waals surface area (Å²) >= 11 is 0. The van der Waals surface area contributed by atoms with Crippen molar-refractivity contribution in [3.63, 3.8) is 0 Å². The van der Waals surface area contributed by atoms with E-state index in [1.165, 1.54) is 31.9 Å². The molecule has 222 valence electrons. The zero-order valence-electron chi connectivity index (χ0n) is 25.3. The molecule has 0 spiro atoms. The molecule has 0 unspecified atom stereocenters. The monoisotopic (exact) mass is 563 g/mol. The van der Waals surface area contributed by atoms with Crippen LogP contribution in [0.5, 0.6) is 0 Å². The molecular weight excluding hydrogens is 518 g/mol. The van der Waals surface area contributed by atoms with E-state index >= 15 is 0 Å². The number of benzene rings is 1. The summed E-state index contributed by atoms with van der Waals surface area (Å²) in [6.07, 6.45) is 11.0. The summed E-state index contributed by atoms with van der Waals surface area (Å²) in [7, 11) is 3.35. The van der Waals surface area contributed by atoms with Crippen LogP contribution in [0.15, 0.2) is 53.7 Å². The number of nitrogens with one attached hydrogen (secondary N) is 1. The maximum absolute atomic E-state index is 13.3. The normalized spacial score (nSPS) is 14.2. The van der Waals surface area contributed by atoms with E-state index in [0.29, 0.717) is 23.9 Å². The van der Waals surface area contributed by atoms with Crippen molar-refractivity contribution in [2.45, 2.75) is 83.8 Å². The lowest BCUT2D eigenvalue weighted by Crippen LogP contribution is -2.30. The summed E-state index contributed by atoms with van der Waals surface area (Å²) in [5.74, 6) is 0.569. The highest BCUT2D eigenvalue weighted by atomic mass is 16.5. The van der Waals surface area contributed by atoms with Crippen molar-refractivity contribution < 1.29 is 23.5 Å². The van der Waals surface area contributed by atoms with Gasteiger partial charge in [0, 0.05) is 31.1 Å². The van der Waals surface area contributed by atoms with E-state index in [2.05, 4.69) is 11.9 Å². The molecule has 2 heterocycles. The Morgan fingerprint density at radius 2 is 1.90 bits per heavy atom. The molecule has 2 aromatic heterocycles. The lowest BCUT2D eigenvalue weighted by Gasteiger charge is -2.28. The van der Waals surface area contributed by atoms with Gasteiger partial charge < -0.3 is 28.7 Å². The summed E-state index contributed by atoms with van der Waals surface area (Å²) in [5.41, 5.74) is 4.22. The molecule has 8 nitrogen and oxygen atoms in total. The molecule has 4 rings (SSSR count). The first kappa shape index (κ1) is 30.3. The molecule has 3 aromatic rings. The van der Waals surface area contributed by atoms with Gasteiger partial charge in [0.05, 0.1) is 36.4 Å². The highest BCUT2D eigenvalue weighted by Crippen LogP contribution is 2.44. The van der Waals surface area contributed by atoms with Gasteiger partial charge in [0.1, 0.15) is 12.1 Å². The number of fused-ring (bicyclic) bond motifs is 1. The largest absolute Gasteiger partial charge is 0.474 e. The molecule has 1 saturated carbocycles. The Morgan fingerprint density at radius 1 is 1.15 bits per heavy atom. The van der Waals surface area contributed by atoms with E-state index in [0.717, 1.165) is 54.4 Å². The maximum atomic E-state index is 13.3. The first-order valence-corrected chi connectivity index (χ1v) is 14.7. The zero-order valence-corrected chi connectivity index (χ0v) is 25.3. The molecular formula is C33H45N3O5. The lowest BCUT2D eigenvalue weighted by molar-refractivity contribution is -0.121. The van der Waals surface area contributed by atoms with E-state index in [1.54, 1.807) is 12.5 Å². The lowest BCUT2D eigenvalue weighted by atomic mass is 9.82. The van der Waals surface area contributed by atoms with Gasteiger partial charge in [0.2, 0.25) is 5.91 Å². The molecule has 0 atom stereocenters. The maximum Gasteiger partial charge on any atom is 0.337 e. The van der Waals surface area contributed by atoms with Crippen molar-refractivity contribution in [3.05, 3.63) is 60.4 Å². The number of furan rings is 1. The van der Waals surface area contributed by atoms with E-state index < -0.39 is 5.97 Å². The minimum atomic E-state index is -0.395. The molecule has 8 heteroatoms. The average molecular weight is 564 g/mol. The molecule has 41 heavy (non-hydrogen) atoms. The minimum absolute atomic E-state index is 0.0702. The number of ether oxygens (including phenoxy) is 2. The number of aromatic nitrogens is 1. The molecule has 1 aliphatic rings. The van der Waals surface area contributed by atoms with Crippen LogP contribution in [0.4, 0.5) is 0 Å². The number of carbonyl (C=O) groups is 2. The Balaban J connectivity index is 1.53. The average Bonchev–Trinajstić information content (AvgIpc) is 3.58. The van der Waals surface area contributed by atoms with Gasteiger partial charge in [0.25, 0.3) is 0 Å². The van der Waals surface area contributed by atoms with Gasteiger partial charge in [-0.25, -0.2) is 4.79 Å². The summed E-state index contributed by atoms with van der Waals surface area (Å²) in [4.78, 5) is 27.7. The number of hydrogen-bond donors (Lipinski definition) is 1. The van der Waals surface area contributed by atoms with Gasteiger partial charge in [0.15, 0.2) is 5.88 Å². The molecule has 1 amide bonds. The van der Waals surface area contributed by atoms with Crippen molar-refractivity contribution in [2.75, 3.05) is 27.2 Å². The molecule has 0 bridgehead atoms. The summed E-state index contributed by atoms with van der Waals surface area (Å²) in [5, 5.41) is 4.18. The van der Waals surface area contributed by atoms with Gasteiger partial charge >= 0.3 is 5.97 Å². The number of hydrogen-bond acceptors (Lipinski definition) is 6. The smallest absolute Gasteiger partial charge is 0.337 e. The SMILES string of the molecule is C=C(OC(C)(C)C)N(C)CCCCNC(=O)Cn1c(-c2ccoc2)c(C2CCCCC2)c2ccc(C(=O)OC)cc21. The number of amides is 1. The van der Waals surface area contributed by atoms with Crippen molar-refractivity contribution in [2.24, 2.45) is 0 Å². The Morgan fingerprint density at radius 3 is 2.56 bits per heavy atom.